The van der Waals surface area contributed by atoms with Gasteiger partial charge in [-0.1, -0.05) is 59.2 Å². The van der Waals surface area contributed by atoms with Crippen LogP contribution in [0.1, 0.15) is 220 Å². The van der Waals surface area contributed by atoms with E-state index >= 15 is 0 Å². The maximum absolute atomic E-state index is 15.0. The van der Waals surface area contributed by atoms with Crippen LogP contribution in [-0.4, -0.2) is 149 Å². The van der Waals surface area contributed by atoms with Crippen molar-refractivity contribution in [1.29, 1.82) is 0 Å². The van der Waals surface area contributed by atoms with Gasteiger partial charge in [-0.3, -0.25) is 42.7 Å². The lowest BCUT2D eigenvalue weighted by Gasteiger charge is -2.35. The van der Waals surface area contributed by atoms with E-state index in [1.807, 2.05) is 0 Å². The second-order valence-corrected chi connectivity index (χ2v) is 36.3. The largest absolute Gasteiger partial charge is 0.443 e. The number of ether oxygens (including phenoxy) is 5. The Morgan fingerprint density at radius 1 is 0.457 bits per heavy atom. The van der Waals surface area contributed by atoms with Crippen molar-refractivity contribution in [3.05, 3.63) is 130 Å². The van der Waals surface area contributed by atoms with Crippen molar-refractivity contribution < 1.29 is 88.8 Å². The van der Waals surface area contributed by atoms with Gasteiger partial charge in [-0.05, 0) is 214 Å². The highest BCUT2D eigenvalue weighted by molar-refractivity contribution is 9.10. The summed E-state index contributed by atoms with van der Waals surface area (Å²) >= 11 is 26.4. The second-order valence-electron chi connectivity index (χ2n) is 33.9. The van der Waals surface area contributed by atoms with E-state index in [4.69, 9.17) is 93.0 Å². The van der Waals surface area contributed by atoms with Crippen molar-refractivity contribution in [2.45, 2.75) is 232 Å². The molecule has 13 N–H and O–H groups in total. The SMILES string of the molecule is C1CCOC1.CC(C)(C)OC(=O)N(C(=O)OC(C)(C)C)c1ncnc(Cl)c1F.CC(C)(C)OC(=O)N(C(=O)OC(C)(C)C)c1ncnc(NC(=O)C2CC2)c1F.NC(=O)C1CC1.Nc1ncnc(Cl)c1F.Nc1ncnc(NC(=O)C2CC2)c1F.Nc1ncnc(Nc2cc(Cl)c3n(c2=O)C2(CCCCC2)NC3=O)c1F.O=C1NC2(CCCCC2)n2c1c(Cl)cc(Br)c2=O. The number of fused-ring (bicyclic) bond motifs is 4. The van der Waals surface area contributed by atoms with E-state index in [0.717, 1.165) is 122 Å². The number of hydrogen-bond acceptors (Lipinski definition) is 30. The Balaban J connectivity index is 0.000000190. The summed E-state index contributed by atoms with van der Waals surface area (Å²) in [6, 6.07) is 2.80. The summed E-state index contributed by atoms with van der Waals surface area (Å²) in [5, 5.41) is 12.9. The van der Waals surface area contributed by atoms with Crippen LogP contribution in [0.3, 0.4) is 0 Å². The molecule has 6 fully saturated rings. The predicted molar refractivity (Wildman–Crippen MR) is 467 cm³/mol. The highest BCUT2D eigenvalue weighted by Crippen LogP contribution is 2.42. The molecule has 5 saturated carbocycles. The molecule has 3 aliphatic heterocycles. The molecule has 0 unspecified atom stereocenters. The number of nitrogens with one attached hydrogen (secondary N) is 5. The van der Waals surface area contributed by atoms with Crippen molar-refractivity contribution in [3.8, 4) is 0 Å². The first kappa shape index (κ1) is 103. The molecular formula is C80H99BrCl4F5N23O16. The van der Waals surface area contributed by atoms with Gasteiger partial charge in [0.2, 0.25) is 46.8 Å². The van der Waals surface area contributed by atoms with Crippen LogP contribution >= 0.6 is 62.3 Å². The Hall–Kier alpha value is -11.4. The number of carbonyl (C=O) groups is 9. The number of primary amides is 1. The first-order valence-electron chi connectivity index (χ1n) is 40.4. The van der Waals surface area contributed by atoms with Gasteiger partial charge < -0.3 is 73.2 Å². The van der Waals surface area contributed by atoms with E-state index in [0.29, 0.717) is 50.7 Å². The van der Waals surface area contributed by atoms with Gasteiger partial charge in [-0.15, -0.1) is 0 Å². The number of nitrogens with two attached hydrogens (primary N) is 4. The highest BCUT2D eigenvalue weighted by atomic mass is 79.9. The molecule has 7 aromatic rings. The van der Waals surface area contributed by atoms with Gasteiger partial charge >= 0.3 is 24.4 Å². The van der Waals surface area contributed by atoms with Crippen LogP contribution < -0.4 is 70.4 Å². The summed E-state index contributed by atoms with van der Waals surface area (Å²) in [6.07, 6.45) is 17.1. The molecule has 0 bridgehead atoms. The lowest BCUT2D eigenvalue weighted by atomic mass is 9.89. The van der Waals surface area contributed by atoms with Crippen LogP contribution in [0.4, 0.5) is 93.4 Å². The number of nitrogens with zero attached hydrogens (tertiary/aromatic N) is 14. The van der Waals surface area contributed by atoms with E-state index < -0.39 is 115 Å². The zero-order valence-electron chi connectivity index (χ0n) is 72.3. The summed E-state index contributed by atoms with van der Waals surface area (Å²) in [5.41, 5.74) is 15.2. The van der Waals surface area contributed by atoms with E-state index in [1.54, 1.807) is 87.7 Å². The number of imide groups is 2. The predicted octanol–water partition coefficient (Wildman–Crippen LogP) is 14.4. The lowest BCUT2D eigenvalue weighted by molar-refractivity contribution is -0.119. The Labute approximate surface area is 764 Å². The van der Waals surface area contributed by atoms with E-state index in [-0.39, 0.29) is 103 Å². The van der Waals surface area contributed by atoms with E-state index in [9.17, 15) is 74.7 Å². The first-order chi connectivity index (χ1) is 60.3. The Morgan fingerprint density at radius 2 is 0.791 bits per heavy atom. The molecular weight excluding hydrogens is 1860 g/mol. The number of halogens is 10. The fourth-order valence-electron chi connectivity index (χ4n) is 12.4. The molecule has 10 heterocycles. The molecule has 0 radical (unpaired) electrons. The summed E-state index contributed by atoms with van der Waals surface area (Å²) < 4.78 is 97.6. The summed E-state index contributed by atoms with van der Waals surface area (Å²) in [5.74, 6) is -8.92. The molecule has 1 saturated heterocycles. The third kappa shape index (κ3) is 28.8. The lowest BCUT2D eigenvalue weighted by Crippen LogP contribution is -2.48. The molecule has 0 atom stereocenters. The number of hydrogen-bond donors (Lipinski definition) is 9. The monoisotopic (exact) mass is 1950 g/mol. The number of anilines is 9. The standard InChI is InChI=1S/C18H25FN4O5.C16H16ClFN6O2.C14H19ClFN3O4.C12H12BrClN2O2.C8H9FN4O.C4H3ClFN3.C4H7NO.C4H8O/c1-17(2,3)27-15(25)23(16(26)28-18(4,5)6)13-11(19)12(20-9-21-13)22-14(24)10-7-8-10;17-8-6-9(22-13-10(18)12(19)20-7-21-13)15(26)24-11(8)14(25)23-16(24)4-2-1-3-5-16;1-13(2,3)22-11(20)19(12(21)23-14(4,5)6)10-8(16)9(15)17-7-18-10;13-7-6-8(14)9-10(17)15-12(16(9)11(7)18)4-2-1-3-5-12;9-5-6(10)11-3-12-7(5)13-8(14)4-1-2-4;5-3-2(6)4(7)9-1-8-3;5-4(6)3-1-2-3;1-2-4-5-3-1/h9-10H,7-8H2,1-6H3,(H,20,21,22,24);6-7H,1-5H2,(H,23,25)(H3,19,20,21,22);7H,1-6H3;6H,1-5H2,(H,15,17);3-4H,1-2H2,(H3,10,11,12,13,14);1H,(H2,7,8,9);3H,1-2H2,(H2,5,6);1-4H2. The average molecular weight is 1960 g/mol. The minimum absolute atomic E-state index is 0.00518. The number of aromatic nitrogens is 12. The van der Waals surface area contributed by atoms with Crippen LogP contribution in [0.5, 0.6) is 0 Å². The number of rotatable bonds is 9. The maximum atomic E-state index is 15.0. The van der Waals surface area contributed by atoms with Crippen LogP contribution in [-0.2, 0) is 49.4 Å². The van der Waals surface area contributed by atoms with Crippen molar-refractivity contribution in [3.63, 3.8) is 0 Å². The van der Waals surface area contributed by atoms with Crippen molar-refractivity contribution in [1.82, 2.24) is 69.6 Å². The fraction of sp³-hybridized carbons (Fsp3) is 0.512. The van der Waals surface area contributed by atoms with Crippen LogP contribution in [0.2, 0.25) is 20.4 Å². The van der Waals surface area contributed by atoms with Crippen molar-refractivity contribution in [2.75, 3.05) is 56.2 Å². The van der Waals surface area contributed by atoms with Crippen LogP contribution in [0.15, 0.2) is 57.8 Å². The summed E-state index contributed by atoms with van der Waals surface area (Å²) in [6.45, 7) is 21.2. The molecule has 5 aliphatic carbocycles. The van der Waals surface area contributed by atoms with Gasteiger partial charge in [0.05, 0.1) is 14.5 Å². The molecule has 49 heteroatoms. The Morgan fingerprint density at radius 3 is 1.15 bits per heavy atom. The molecule has 15 rings (SSSR count). The molecule has 0 aromatic carbocycles. The van der Waals surface area contributed by atoms with Crippen LogP contribution in [0, 0.1) is 46.8 Å². The average Bonchev–Trinajstić information content (AvgIpc) is 1.58. The Bertz CT molecular complexity index is 5360. The van der Waals surface area contributed by atoms with Crippen LogP contribution in [0.25, 0.3) is 0 Å². The smallest absolute Gasteiger partial charge is 0.425 e. The van der Waals surface area contributed by atoms with Crippen molar-refractivity contribution in [2.24, 2.45) is 23.5 Å². The summed E-state index contributed by atoms with van der Waals surface area (Å²) in [4.78, 5) is 169. The highest BCUT2D eigenvalue weighted by Gasteiger charge is 2.48. The van der Waals surface area contributed by atoms with Gasteiger partial charge in [-0.25, -0.2) is 69.0 Å². The van der Waals surface area contributed by atoms with Gasteiger partial charge in [0, 0.05) is 31.0 Å². The van der Waals surface area contributed by atoms with Gasteiger partial charge in [-0.2, -0.15) is 31.8 Å². The van der Waals surface area contributed by atoms with Gasteiger partial charge in [0.15, 0.2) is 56.8 Å². The molecule has 8 aliphatic rings. The van der Waals surface area contributed by atoms with Crippen molar-refractivity contribution >= 4 is 168 Å². The molecule has 129 heavy (non-hydrogen) atoms. The topological polar surface area (TPSA) is 543 Å². The zero-order chi connectivity index (χ0) is 95.8. The minimum atomic E-state index is -1.17. The second kappa shape index (κ2) is 43.8. The molecule has 7 aromatic heterocycles. The molecule has 2 spiro atoms. The van der Waals surface area contributed by atoms with E-state index in [1.165, 1.54) is 29.5 Å². The quantitative estimate of drug-likeness (QED) is 0.0368. The molecule has 700 valence electrons. The van der Waals surface area contributed by atoms with Gasteiger partial charge in [0.1, 0.15) is 82.4 Å². The Kier molecular flexibility index (Phi) is 35.0. The van der Waals surface area contributed by atoms with E-state index in [2.05, 4.69) is 92.4 Å². The van der Waals surface area contributed by atoms with Gasteiger partial charge in [0.25, 0.3) is 22.9 Å². The molecule has 9 amide bonds. The maximum Gasteiger partial charge on any atom is 0.425 e. The normalized spacial score (nSPS) is 15.9. The number of amides is 9. The number of nitrogen functional groups attached to an aromatic ring is 3. The fourth-order valence-corrected chi connectivity index (χ4v) is 13.7. The minimum Gasteiger partial charge on any atom is -0.443 e. The number of carbonyl (C=O) groups excluding carboxylic acids is 9. The first-order valence-corrected chi connectivity index (χ1v) is 42.7. The molecule has 39 nitrogen and oxygen atoms in total. The summed E-state index contributed by atoms with van der Waals surface area (Å²) in [7, 11) is 0. The number of pyridine rings is 2. The third-order valence-electron chi connectivity index (χ3n) is 18.7. The third-order valence-corrected chi connectivity index (χ3v) is 20.4. The zero-order valence-corrected chi connectivity index (χ0v) is 76.9.